The molecule has 7 nitrogen and oxygen atoms in total. The predicted molar refractivity (Wildman–Crippen MR) is 111 cm³/mol. The van der Waals surface area contributed by atoms with Gasteiger partial charge in [-0.15, -0.1) is 0 Å². The van der Waals surface area contributed by atoms with E-state index < -0.39 is 6.09 Å². The number of aliphatic hydroxyl groups is 1. The third kappa shape index (κ3) is 3.21. The zero-order chi connectivity index (χ0) is 21.4. The topological polar surface area (TPSA) is 85.1 Å². The monoisotopic (exact) mass is 409 g/mol. The summed E-state index contributed by atoms with van der Waals surface area (Å²) in [4.78, 5) is 16.5. The molecule has 8 heteroatoms. The molecule has 4 aromatic rings. The number of carbonyl (C=O) groups is 1. The van der Waals surface area contributed by atoms with E-state index in [9.17, 15) is 14.3 Å². The van der Waals surface area contributed by atoms with Gasteiger partial charge in [0.25, 0.3) is 0 Å². The lowest BCUT2D eigenvalue weighted by Gasteiger charge is -2.12. The van der Waals surface area contributed by atoms with E-state index in [0.29, 0.717) is 34.0 Å². The highest BCUT2D eigenvalue weighted by Crippen LogP contribution is 2.35. The SMILES string of the molecule is COC(=O)Nc1cc2c(ccn3c(CO)c(-c4ccc(F)cc4C)nc23)cc1OC. The van der Waals surface area contributed by atoms with Crippen LogP contribution in [0.3, 0.4) is 0 Å². The average molecular weight is 409 g/mol. The summed E-state index contributed by atoms with van der Waals surface area (Å²) >= 11 is 0. The van der Waals surface area contributed by atoms with Crippen LogP contribution in [0.15, 0.2) is 42.6 Å². The minimum atomic E-state index is -0.624. The summed E-state index contributed by atoms with van der Waals surface area (Å²) in [5, 5.41) is 14.3. The number of anilines is 1. The van der Waals surface area contributed by atoms with Crippen LogP contribution in [0.2, 0.25) is 0 Å². The lowest BCUT2D eigenvalue weighted by atomic mass is 10.0. The summed E-state index contributed by atoms with van der Waals surface area (Å²) in [5.41, 5.74) is 3.62. The van der Waals surface area contributed by atoms with Crippen LogP contribution in [0.5, 0.6) is 5.75 Å². The number of imidazole rings is 1. The Hall–Kier alpha value is -3.65. The summed E-state index contributed by atoms with van der Waals surface area (Å²) in [6.07, 6.45) is 1.19. The van der Waals surface area contributed by atoms with E-state index in [0.717, 1.165) is 16.3 Å². The van der Waals surface area contributed by atoms with Gasteiger partial charge in [0, 0.05) is 17.1 Å². The molecule has 2 aromatic heterocycles. The largest absolute Gasteiger partial charge is 0.495 e. The summed E-state index contributed by atoms with van der Waals surface area (Å²) < 4.78 is 25.4. The van der Waals surface area contributed by atoms with Crippen molar-refractivity contribution in [3.63, 3.8) is 0 Å². The molecule has 0 saturated carbocycles. The van der Waals surface area contributed by atoms with Crippen LogP contribution in [0.4, 0.5) is 14.9 Å². The van der Waals surface area contributed by atoms with Gasteiger partial charge in [-0.2, -0.15) is 0 Å². The van der Waals surface area contributed by atoms with Crippen molar-refractivity contribution in [1.82, 2.24) is 9.38 Å². The Morgan fingerprint density at radius 2 is 2.03 bits per heavy atom. The van der Waals surface area contributed by atoms with Crippen LogP contribution in [0.1, 0.15) is 11.3 Å². The number of pyridine rings is 1. The molecule has 0 saturated heterocycles. The number of halogens is 1. The Labute approximate surface area is 171 Å². The lowest BCUT2D eigenvalue weighted by Crippen LogP contribution is -2.11. The molecule has 0 aliphatic carbocycles. The molecule has 0 aliphatic rings. The minimum Gasteiger partial charge on any atom is -0.495 e. The lowest BCUT2D eigenvalue weighted by molar-refractivity contribution is 0.187. The molecule has 0 unspecified atom stereocenters. The molecular formula is C22H20FN3O4. The second-order valence-corrected chi connectivity index (χ2v) is 6.79. The Balaban J connectivity index is 2.00. The van der Waals surface area contributed by atoms with Gasteiger partial charge < -0.3 is 19.0 Å². The van der Waals surface area contributed by atoms with Gasteiger partial charge in [0.05, 0.1) is 37.9 Å². The first-order valence-corrected chi connectivity index (χ1v) is 9.21. The van der Waals surface area contributed by atoms with Crippen LogP contribution < -0.4 is 10.1 Å². The number of nitrogens with zero attached hydrogens (tertiary/aromatic N) is 2. The van der Waals surface area contributed by atoms with Crippen molar-refractivity contribution in [2.24, 2.45) is 0 Å². The van der Waals surface area contributed by atoms with Gasteiger partial charge in [0.15, 0.2) is 0 Å². The average Bonchev–Trinajstić information content (AvgIpc) is 3.11. The molecule has 154 valence electrons. The minimum absolute atomic E-state index is 0.248. The van der Waals surface area contributed by atoms with Crippen LogP contribution >= 0.6 is 0 Å². The normalized spacial score (nSPS) is 11.1. The number of fused-ring (bicyclic) bond motifs is 3. The van der Waals surface area contributed by atoms with Gasteiger partial charge in [-0.05, 0) is 54.3 Å². The molecule has 0 atom stereocenters. The third-order valence-corrected chi connectivity index (χ3v) is 5.04. The fourth-order valence-corrected chi connectivity index (χ4v) is 3.59. The van der Waals surface area contributed by atoms with Gasteiger partial charge in [0.1, 0.15) is 17.2 Å². The molecule has 0 radical (unpaired) electrons. The molecule has 2 N–H and O–H groups in total. The van der Waals surface area contributed by atoms with E-state index in [4.69, 9.17) is 9.72 Å². The fourth-order valence-electron chi connectivity index (χ4n) is 3.59. The van der Waals surface area contributed by atoms with Gasteiger partial charge in [-0.3, -0.25) is 5.32 Å². The highest BCUT2D eigenvalue weighted by atomic mass is 19.1. The maximum Gasteiger partial charge on any atom is 0.411 e. The first kappa shape index (κ1) is 19.7. The van der Waals surface area contributed by atoms with Gasteiger partial charge >= 0.3 is 6.09 Å². The number of hydrogen-bond acceptors (Lipinski definition) is 5. The summed E-state index contributed by atoms with van der Waals surface area (Å²) in [5.74, 6) is 0.141. The second kappa shape index (κ2) is 7.64. The number of nitrogens with one attached hydrogen (secondary N) is 1. The zero-order valence-corrected chi connectivity index (χ0v) is 16.7. The number of hydrogen-bond donors (Lipinski definition) is 2. The quantitative estimate of drug-likeness (QED) is 0.526. The Kier molecular flexibility index (Phi) is 5.01. The van der Waals surface area contributed by atoms with Crippen LogP contribution in [-0.4, -0.2) is 34.8 Å². The Morgan fingerprint density at radius 1 is 1.23 bits per heavy atom. The molecule has 4 rings (SSSR count). The maximum atomic E-state index is 13.6. The van der Waals surface area contributed by atoms with E-state index in [-0.39, 0.29) is 12.4 Å². The van der Waals surface area contributed by atoms with Crippen molar-refractivity contribution in [2.45, 2.75) is 13.5 Å². The second-order valence-electron chi connectivity index (χ2n) is 6.79. The van der Waals surface area contributed by atoms with Crippen molar-refractivity contribution in [2.75, 3.05) is 19.5 Å². The molecule has 0 fully saturated rings. The van der Waals surface area contributed by atoms with E-state index in [1.807, 2.05) is 12.3 Å². The van der Waals surface area contributed by atoms with E-state index >= 15 is 0 Å². The van der Waals surface area contributed by atoms with Gasteiger partial charge in [-0.25, -0.2) is 14.2 Å². The third-order valence-electron chi connectivity index (χ3n) is 5.04. The van der Waals surface area contributed by atoms with Crippen molar-refractivity contribution >= 4 is 28.2 Å². The number of rotatable bonds is 4. The molecule has 1 amide bonds. The van der Waals surface area contributed by atoms with Crippen LogP contribution in [0, 0.1) is 12.7 Å². The van der Waals surface area contributed by atoms with Crippen molar-refractivity contribution in [1.29, 1.82) is 0 Å². The molecule has 0 spiro atoms. The Bertz CT molecular complexity index is 1280. The highest BCUT2D eigenvalue weighted by Gasteiger charge is 2.18. The molecule has 0 aliphatic heterocycles. The van der Waals surface area contributed by atoms with E-state index in [1.165, 1.54) is 26.4 Å². The van der Waals surface area contributed by atoms with E-state index in [1.54, 1.807) is 29.5 Å². The number of aliphatic hydroxyl groups excluding tert-OH is 1. The summed E-state index contributed by atoms with van der Waals surface area (Å²) in [6, 6.07) is 9.86. The first-order chi connectivity index (χ1) is 14.5. The molecule has 2 heterocycles. The summed E-state index contributed by atoms with van der Waals surface area (Å²) in [6.45, 7) is 1.55. The standard InChI is InChI=1S/C22H20FN3O4/c1-12-8-14(23)4-5-15(12)20-18(11-27)26-7-6-13-9-19(29-2)17(24-22(28)30-3)10-16(13)21(26)25-20/h4-10,27H,11H2,1-3H3,(H,24,28). The fraction of sp³-hybridized carbons (Fsp3) is 0.182. The van der Waals surface area contributed by atoms with Gasteiger partial charge in [-0.1, -0.05) is 0 Å². The highest BCUT2D eigenvalue weighted by molar-refractivity contribution is 6.01. The zero-order valence-electron chi connectivity index (χ0n) is 16.7. The number of methoxy groups -OCH3 is 2. The number of ether oxygens (including phenoxy) is 2. The Morgan fingerprint density at radius 3 is 2.70 bits per heavy atom. The number of carbonyl (C=O) groups excluding carboxylic acids is 1. The van der Waals surface area contributed by atoms with Crippen LogP contribution in [-0.2, 0) is 11.3 Å². The molecular weight excluding hydrogens is 389 g/mol. The smallest absolute Gasteiger partial charge is 0.411 e. The number of aryl methyl sites for hydroxylation is 1. The summed E-state index contributed by atoms with van der Waals surface area (Å²) in [7, 11) is 2.79. The van der Waals surface area contributed by atoms with Gasteiger partial charge in [0.2, 0.25) is 0 Å². The predicted octanol–water partition coefficient (Wildman–Crippen LogP) is 4.28. The number of benzene rings is 2. The molecule has 2 aromatic carbocycles. The number of aromatic nitrogens is 2. The first-order valence-electron chi connectivity index (χ1n) is 9.21. The maximum absolute atomic E-state index is 13.6. The van der Waals surface area contributed by atoms with Crippen molar-refractivity contribution in [3.8, 4) is 17.0 Å². The molecule has 30 heavy (non-hydrogen) atoms. The van der Waals surface area contributed by atoms with E-state index in [2.05, 4.69) is 10.1 Å². The number of amides is 1. The molecule has 0 bridgehead atoms. The van der Waals surface area contributed by atoms with Crippen molar-refractivity contribution < 1.29 is 23.8 Å². The van der Waals surface area contributed by atoms with Crippen molar-refractivity contribution in [3.05, 3.63) is 59.7 Å². The van der Waals surface area contributed by atoms with Crippen LogP contribution in [0.25, 0.3) is 27.7 Å².